The zero-order chi connectivity index (χ0) is 23.8. The first-order chi connectivity index (χ1) is 16.4. The van der Waals surface area contributed by atoms with Gasteiger partial charge in [-0.05, 0) is 50.3 Å². The molecule has 2 aliphatic heterocycles. The average molecular weight is 460 g/mol. The van der Waals surface area contributed by atoms with E-state index in [1.807, 2.05) is 31.2 Å². The van der Waals surface area contributed by atoms with Gasteiger partial charge in [0, 0.05) is 31.3 Å². The van der Waals surface area contributed by atoms with Crippen molar-refractivity contribution in [2.24, 2.45) is 0 Å². The summed E-state index contributed by atoms with van der Waals surface area (Å²) in [4.78, 5) is 42.4. The van der Waals surface area contributed by atoms with E-state index in [0.29, 0.717) is 50.0 Å². The Morgan fingerprint density at radius 1 is 0.971 bits per heavy atom. The van der Waals surface area contributed by atoms with Crippen LogP contribution in [-0.4, -0.2) is 41.4 Å². The number of fused-ring (bicyclic) bond motifs is 3. The number of amides is 3. The van der Waals surface area contributed by atoms with Crippen molar-refractivity contribution in [3.63, 3.8) is 0 Å². The van der Waals surface area contributed by atoms with E-state index in [9.17, 15) is 14.4 Å². The fraction of sp³-hybridized carbons (Fsp3) is 0.464. The summed E-state index contributed by atoms with van der Waals surface area (Å²) in [5, 5.41) is 3.18. The summed E-state index contributed by atoms with van der Waals surface area (Å²) in [6, 6.07) is 17.9. The van der Waals surface area contributed by atoms with E-state index in [-0.39, 0.29) is 23.1 Å². The maximum atomic E-state index is 13.3. The lowest BCUT2D eigenvalue weighted by Crippen LogP contribution is -2.62. The molecule has 0 bridgehead atoms. The van der Waals surface area contributed by atoms with Crippen LogP contribution in [-0.2, 0) is 15.0 Å². The Bertz CT molecular complexity index is 1090. The minimum atomic E-state index is -0.666. The second-order valence-electron chi connectivity index (χ2n) is 10.2. The molecule has 1 N–H and O–H groups in total. The van der Waals surface area contributed by atoms with Crippen molar-refractivity contribution >= 4 is 23.4 Å². The van der Waals surface area contributed by atoms with E-state index in [1.165, 1.54) is 18.4 Å². The highest BCUT2D eigenvalue weighted by atomic mass is 16.2. The van der Waals surface area contributed by atoms with Crippen LogP contribution < -0.4 is 10.2 Å². The fourth-order valence-corrected chi connectivity index (χ4v) is 6.21. The number of benzene rings is 2. The largest absolute Gasteiger partial charge is 0.355 e. The van der Waals surface area contributed by atoms with E-state index in [4.69, 9.17) is 0 Å². The predicted molar refractivity (Wildman–Crippen MR) is 131 cm³/mol. The second-order valence-corrected chi connectivity index (χ2v) is 10.2. The van der Waals surface area contributed by atoms with Crippen LogP contribution in [0.3, 0.4) is 0 Å². The molecule has 3 aliphatic rings. The van der Waals surface area contributed by atoms with E-state index >= 15 is 0 Å². The third kappa shape index (κ3) is 3.79. The van der Waals surface area contributed by atoms with Crippen molar-refractivity contribution in [3.8, 4) is 0 Å². The SMILES string of the molecule is CC12CCC(=O)N1c1ccccc1C(=O)N2CCCC(=O)NCC1(c2ccccc2)CCCC1. The molecular weight excluding hydrogens is 426 g/mol. The normalized spacial score (nSPS) is 23.1. The van der Waals surface area contributed by atoms with Gasteiger partial charge in [0.2, 0.25) is 11.8 Å². The number of hydrogen-bond donors (Lipinski definition) is 1. The first-order valence-electron chi connectivity index (χ1n) is 12.5. The number of carbonyl (C=O) groups is 3. The number of anilines is 1. The molecule has 1 aliphatic carbocycles. The lowest BCUT2D eigenvalue weighted by molar-refractivity contribution is -0.121. The van der Waals surface area contributed by atoms with Gasteiger partial charge in [0.1, 0.15) is 5.66 Å². The van der Waals surface area contributed by atoms with Crippen LogP contribution in [0.4, 0.5) is 5.69 Å². The Morgan fingerprint density at radius 2 is 1.68 bits per heavy atom. The summed E-state index contributed by atoms with van der Waals surface area (Å²) < 4.78 is 0. The number of para-hydroxylation sites is 1. The summed E-state index contributed by atoms with van der Waals surface area (Å²) >= 11 is 0. The summed E-state index contributed by atoms with van der Waals surface area (Å²) in [7, 11) is 0. The van der Waals surface area contributed by atoms with Crippen molar-refractivity contribution in [2.75, 3.05) is 18.0 Å². The van der Waals surface area contributed by atoms with Crippen molar-refractivity contribution < 1.29 is 14.4 Å². The molecule has 3 amide bonds. The Balaban J connectivity index is 1.22. The molecule has 6 heteroatoms. The zero-order valence-electron chi connectivity index (χ0n) is 19.9. The third-order valence-corrected chi connectivity index (χ3v) is 8.10. The van der Waals surface area contributed by atoms with Crippen LogP contribution >= 0.6 is 0 Å². The molecule has 34 heavy (non-hydrogen) atoms. The topological polar surface area (TPSA) is 69.7 Å². The Kier molecular flexibility index (Phi) is 5.92. The standard InChI is InChI=1S/C28H33N3O3/c1-27-18-15-25(33)31(27)23-13-6-5-12-22(23)26(34)30(27)19-9-14-24(32)29-20-28(16-7-8-17-28)21-10-3-2-4-11-21/h2-6,10-13H,7-9,14-20H2,1H3,(H,29,32). The van der Waals surface area contributed by atoms with Gasteiger partial charge in [0.05, 0.1) is 11.3 Å². The second kappa shape index (κ2) is 8.90. The summed E-state index contributed by atoms with van der Waals surface area (Å²) in [5.41, 5.74) is 1.94. The van der Waals surface area contributed by atoms with Crippen LogP contribution in [0, 0.1) is 0 Å². The van der Waals surface area contributed by atoms with E-state index in [0.717, 1.165) is 12.8 Å². The highest BCUT2D eigenvalue weighted by Crippen LogP contribution is 2.44. The first-order valence-corrected chi connectivity index (χ1v) is 12.5. The third-order valence-electron chi connectivity index (χ3n) is 8.10. The molecule has 1 saturated carbocycles. The average Bonchev–Trinajstić information content (AvgIpc) is 3.46. The maximum Gasteiger partial charge on any atom is 0.257 e. The van der Waals surface area contributed by atoms with Crippen molar-refractivity contribution in [3.05, 3.63) is 65.7 Å². The quantitative estimate of drug-likeness (QED) is 0.668. The predicted octanol–water partition coefficient (Wildman–Crippen LogP) is 4.39. The van der Waals surface area contributed by atoms with Crippen LogP contribution in [0.25, 0.3) is 0 Å². The minimum Gasteiger partial charge on any atom is -0.355 e. The van der Waals surface area contributed by atoms with Gasteiger partial charge in [0.25, 0.3) is 5.91 Å². The maximum absolute atomic E-state index is 13.3. The lowest BCUT2D eigenvalue weighted by atomic mass is 9.79. The van der Waals surface area contributed by atoms with Gasteiger partial charge in [-0.1, -0.05) is 55.3 Å². The van der Waals surface area contributed by atoms with Crippen LogP contribution in [0.1, 0.15) is 74.2 Å². The summed E-state index contributed by atoms with van der Waals surface area (Å²) in [5.74, 6) is 0.0167. The molecule has 0 aromatic heterocycles. The van der Waals surface area contributed by atoms with E-state index in [2.05, 4.69) is 29.6 Å². The smallest absolute Gasteiger partial charge is 0.257 e. The van der Waals surface area contributed by atoms with Gasteiger partial charge in [-0.15, -0.1) is 0 Å². The van der Waals surface area contributed by atoms with Gasteiger partial charge in [0.15, 0.2) is 0 Å². The zero-order valence-corrected chi connectivity index (χ0v) is 19.9. The summed E-state index contributed by atoms with van der Waals surface area (Å²) in [6.07, 6.45) is 6.54. The molecule has 178 valence electrons. The van der Waals surface area contributed by atoms with Gasteiger partial charge in [-0.25, -0.2) is 0 Å². The Morgan fingerprint density at radius 3 is 2.44 bits per heavy atom. The fourth-order valence-electron chi connectivity index (χ4n) is 6.21. The molecule has 6 nitrogen and oxygen atoms in total. The minimum absolute atomic E-state index is 0.0246. The molecular formula is C28H33N3O3. The van der Waals surface area contributed by atoms with E-state index in [1.54, 1.807) is 15.9 Å². The van der Waals surface area contributed by atoms with Gasteiger partial charge in [-0.2, -0.15) is 0 Å². The van der Waals surface area contributed by atoms with Crippen molar-refractivity contribution in [2.45, 2.75) is 69.4 Å². The molecule has 1 saturated heterocycles. The van der Waals surface area contributed by atoms with Crippen LogP contribution in [0.5, 0.6) is 0 Å². The molecule has 0 spiro atoms. The highest BCUT2D eigenvalue weighted by molar-refractivity contribution is 6.10. The monoisotopic (exact) mass is 459 g/mol. The first kappa shape index (κ1) is 22.6. The Hall–Kier alpha value is -3.15. The molecule has 2 fully saturated rings. The van der Waals surface area contributed by atoms with Crippen LogP contribution in [0.15, 0.2) is 54.6 Å². The van der Waals surface area contributed by atoms with Gasteiger partial charge in [-0.3, -0.25) is 19.3 Å². The Labute approximate surface area is 201 Å². The number of nitrogens with zero attached hydrogens (tertiary/aromatic N) is 2. The number of nitrogens with one attached hydrogen (secondary N) is 1. The molecule has 2 aromatic rings. The van der Waals surface area contributed by atoms with Crippen LogP contribution in [0.2, 0.25) is 0 Å². The number of rotatable bonds is 7. The van der Waals surface area contributed by atoms with Gasteiger partial charge >= 0.3 is 0 Å². The van der Waals surface area contributed by atoms with Gasteiger partial charge < -0.3 is 10.2 Å². The number of hydrogen-bond acceptors (Lipinski definition) is 3. The molecule has 0 radical (unpaired) electrons. The highest BCUT2D eigenvalue weighted by Gasteiger charge is 2.52. The molecule has 2 aromatic carbocycles. The molecule has 2 heterocycles. The van der Waals surface area contributed by atoms with Crippen molar-refractivity contribution in [1.82, 2.24) is 10.2 Å². The molecule has 1 atom stereocenters. The van der Waals surface area contributed by atoms with Crippen molar-refractivity contribution in [1.29, 1.82) is 0 Å². The molecule has 5 rings (SSSR count). The number of carbonyl (C=O) groups excluding carboxylic acids is 3. The molecule has 1 unspecified atom stereocenters. The van der Waals surface area contributed by atoms with E-state index < -0.39 is 5.66 Å². The lowest BCUT2D eigenvalue weighted by Gasteiger charge is -2.48. The summed E-state index contributed by atoms with van der Waals surface area (Å²) in [6.45, 7) is 3.08.